The van der Waals surface area contributed by atoms with E-state index in [4.69, 9.17) is 9.15 Å². The van der Waals surface area contributed by atoms with E-state index >= 15 is 0 Å². The summed E-state index contributed by atoms with van der Waals surface area (Å²) in [7, 11) is 3.83. The molecule has 0 spiro atoms. The first-order valence-electron chi connectivity index (χ1n) is 6.82. The van der Waals surface area contributed by atoms with Gasteiger partial charge in [0, 0.05) is 37.3 Å². The molecule has 0 aliphatic rings. The van der Waals surface area contributed by atoms with Crippen LogP contribution in [0.2, 0.25) is 0 Å². The van der Waals surface area contributed by atoms with Gasteiger partial charge in [0.15, 0.2) is 0 Å². The predicted molar refractivity (Wildman–Crippen MR) is 79.7 cm³/mol. The molecule has 0 aliphatic heterocycles. The van der Waals surface area contributed by atoms with Crippen LogP contribution in [0.5, 0.6) is 5.75 Å². The summed E-state index contributed by atoms with van der Waals surface area (Å²) >= 11 is 0. The Morgan fingerprint density at radius 1 is 1.25 bits per heavy atom. The largest absolute Gasteiger partial charge is 0.496 e. The van der Waals surface area contributed by atoms with Crippen LogP contribution in [0.3, 0.4) is 0 Å². The Balaban J connectivity index is 1.71. The highest BCUT2D eigenvalue weighted by Gasteiger charge is 2.05. The lowest BCUT2D eigenvalue weighted by Crippen LogP contribution is -2.28. The normalized spacial score (nSPS) is 10.9. The van der Waals surface area contributed by atoms with Gasteiger partial charge < -0.3 is 19.4 Å². The fourth-order valence-electron chi connectivity index (χ4n) is 2.10. The maximum Gasteiger partial charge on any atom is 0.123 e. The summed E-state index contributed by atoms with van der Waals surface area (Å²) in [5, 5.41) is 3.40. The third-order valence-corrected chi connectivity index (χ3v) is 3.21. The van der Waals surface area contributed by atoms with Crippen LogP contribution in [0.15, 0.2) is 47.3 Å². The van der Waals surface area contributed by atoms with Crippen LogP contribution in [0.25, 0.3) is 0 Å². The fourth-order valence-corrected chi connectivity index (χ4v) is 2.10. The zero-order valence-electron chi connectivity index (χ0n) is 12.1. The Morgan fingerprint density at radius 3 is 2.85 bits per heavy atom. The number of methoxy groups -OCH3 is 1. The molecule has 1 heterocycles. The van der Waals surface area contributed by atoms with Crippen LogP contribution >= 0.6 is 0 Å². The zero-order chi connectivity index (χ0) is 14.2. The van der Waals surface area contributed by atoms with Gasteiger partial charge in [0.05, 0.1) is 19.6 Å². The average molecular weight is 274 g/mol. The van der Waals surface area contributed by atoms with Gasteiger partial charge in [0.25, 0.3) is 0 Å². The summed E-state index contributed by atoms with van der Waals surface area (Å²) in [6, 6.07) is 10.1. The van der Waals surface area contributed by atoms with E-state index in [-0.39, 0.29) is 0 Å². The van der Waals surface area contributed by atoms with Crippen LogP contribution in [-0.2, 0) is 13.1 Å². The molecule has 0 fully saturated rings. The molecule has 0 aliphatic carbocycles. The molecule has 4 heteroatoms. The van der Waals surface area contributed by atoms with E-state index in [1.165, 1.54) is 11.1 Å². The van der Waals surface area contributed by atoms with E-state index in [0.717, 1.165) is 31.9 Å². The molecule has 1 N–H and O–H groups in total. The zero-order valence-corrected chi connectivity index (χ0v) is 12.1. The number of hydrogen-bond donors (Lipinski definition) is 1. The SMILES string of the molecule is COc1ccccc1CN(C)CCNCc1ccoc1. The quantitative estimate of drug-likeness (QED) is 0.751. The minimum Gasteiger partial charge on any atom is -0.496 e. The maximum absolute atomic E-state index is 5.37. The second kappa shape index (κ2) is 7.72. The molecule has 0 radical (unpaired) electrons. The van der Waals surface area contributed by atoms with E-state index in [1.807, 2.05) is 24.3 Å². The Labute approximate surface area is 120 Å². The van der Waals surface area contributed by atoms with Crippen molar-refractivity contribution in [3.8, 4) is 5.75 Å². The van der Waals surface area contributed by atoms with Gasteiger partial charge in [-0.2, -0.15) is 0 Å². The highest BCUT2D eigenvalue weighted by molar-refractivity contribution is 5.32. The van der Waals surface area contributed by atoms with E-state index in [0.29, 0.717) is 0 Å². The molecule has 108 valence electrons. The van der Waals surface area contributed by atoms with Crippen molar-refractivity contribution < 1.29 is 9.15 Å². The molecule has 20 heavy (non-hydrogen) atoms. The average Bonchev–Trinajstić information content (AvgIpc) is 2.97. The molecule has 0 unspecified atom stereocenters. The summed E-state index contributed by atoms with van der Waals surface area (Å²) in [5.74, 6) is 0.950. The van der Waals surface area contributed by atoms with Gasteiger partial charge in [-0.15, -0.1) is 0 Å². The van der Waals surface area contributed by atoms with Crippen molar-refractivity contribution in [3.63, 3.8) is 0 Å². The topological polar surface area (TPSA) is 37.6 Å². The summed E-state index contributed by atoms with van der Waals surface area (Å²) in [6.07, 6.45) is 3.47. The van der Waals surface area contributed by atoms with Gasteiger partial charge >= 0.3 is 0 Å². The van der Waals surface area contributed by atoms with Gasteiger partial charge in [-0.05, 0) is 19.2 Å². The maximum atomic E-state index is 5.37. The van der Waals surface area contributed by atoms with Crippen LogP contribution in [0.1, 0.15) is 11.1 Å². The predicted octanol–water partition coefficient (Wildman–Crippen LogP) is 2.51. The monoisotopic (exact) mass is 274 g/mol. The van der Waals surface area contributed by atoms with E-state index in [1.54, 1.807) is 19.6 Å². The number of nitrogens with zero attached hydrogens (tertiary/aromatic N) is 1. The Kier molecular flexibility index (Phi) is 5.65. The summed E-state index contributed by atoms with van der Waals surface area (Å²) in [4.78, 5) is 2.28. The molecule has 4 nitrogen and oxygen atoms in total. The van der Waals surface area contributed by atoms with E-state index < -0.39 is 0 Å². The molecule has 0 saturated carbocycles. The Hall–Kier alpha value is -1.78. The molecule has 0 atom stereocenters. The molecule has 2 aromatic rings. The standard InChI is InChI=1S/C16H22N2O2/c1-18(9-8-17-11-14-7-10-20-13-14)12-15-5-3-4-6-16(15)19-2/h3-7,10,13,17H,8-9,11-12H2,1-2H3. The molecule has 0 saturated heterocycles. The van der Waals surface area contributed by atoms with Crippen molar-refractivity contribution in [2.45, 2.75) is 13.1 Å². The Bertz CT molecular complexity index is 497. The molecule has 2 rings (SSSR count). The van der Waals surface area contributed by atoms with Crippen molar-refractivity contribution in [1.82, 2.24) is 10.2 Å². The number of nitrogens with one attached hydrogen (secondary N) is 1. The fraction of sp³-hybridized carbons (Fsp3) is 0.375. The van der Waals surface area contributed by atoms with Gasteiger partial charge in [-0.3, -0.25) is 0 Å². The lowest BCUT2D eigenvalue weighted by atomic mass is 10.2. The molecule has 0 amide bonds. The second-order valence-electron chi connectivity index (χ2n) is 4.86. The molecular weight excluding hydrogens is 252 g/mol. The van der Waals surface area contributed by atoms with Crippen molar-refractivity contribution in [2.75, 3.05) is 27.2 Å². The molecule has 0 bridgehead atoms. The number of rotatable bonds is 8. The van der Waals surface area contributed by atoms with Gasteiger partial charge in [-0.25, -0.2) is 0 Å². The second-order valence-corrected chi connectivity index (χ2v) is 4.86. The first-order valence-corrected chi connectivity index (χ1v) is 6.82. The Morgan fingerprint density at radius 2 is 2.10 bits per heavy atom. The summed E-state index contributed by atoms with van der Waals surface area (Å²) in [6.45, 7) is 3.66. The third-order valence-electron chi connectivity index (χ3n) is 3.21. The number of ether oxygens (including phenoxy) is 1. The van der Waals surface area contributed by atoms with E-state index in [9.17, 15) is 0 Å². The van der Waals surface area contributed by atoms with Crippen molar-refractivity contribution >= 4 is 0 Å². The summed E-state index contributed by atoms with van der Waals surface area (Å²) in [5.41, 5.74) is 2.39. The lowest BCUT2D eigenvalue weighted by Gasteiger charge is -2.18. The van der Waals surface area contributed by atoms with Crippen molar-refractivity contribution in [1.29, 1.82) is 0 Å². The molecule has 1 aromatic carbocycles. The molecular formula is C16H22N2O2. The number of benzene rings is 1. The number of furan rings is 1. The number of para-hydroxylation sites is 1. The first kappa shape index (κ1) is 14.6. The minimum absolute atomic E-state index is 0.846. The minimum atomic E-state index is 0.846. The highest BCUT2D eigenvalue weighted by Crippen LogP contribution is 2.18. The molecule has 1 aromatic heterocycles. The van der Waals surface area contributed by atoms with Gasteiger partial charge in [-0.1, -0.05) is 18.2 Å². The van der Waals surface area contributed by atoms with Gasteiger partial charge in [0.1, 0.15) is 5.75 Å². The van der Waals surface area contributed by atoms with Crippen LogP contribution in [0, 0.1) is 0 Å². The van der Waals surface area contributed by atoms with Crippen molar-refractivity contribution in [3.05, 3.63) is 54.0 Å². The third kappa shape index (κ3) is 4.40. The van der Waals surface area contributed by atoms with Crippen LogP contribution < -0.4 is 10.1 Å². The van der Waals surface area contributed by atoms with Crippen molar-refractivity contribution in [2.24, 2.45) is 0 Å². The van der Waals surface area contributed by atoms with Crippen LogP contribution in [0.4, 0.5) is 0 Å². The van der Waals surface area contributed by atoms with E-state index in [2.05, 4.69) is 23.3 Å². The van der Waals surface area contributed by atoms with Gasteiger partial charge in [0.2, 0.25) is 0 Å². The first-order chi connectivity index (χ1) is 9.79. The summed E-state index contributed by atoms with van der Waals surface area (Å²) < 4.78 is 10.4. The lowest BCUT2D eigenvalue weighted by molar-refractivity contribution is 0.315. The smallest absolute Gasteiger partial charge is 0.123 e. The number of likely N-dealkylation sites (N-methyl/N-ethyl adjacent to an activating group) is 1. The van der Waals surface area contributed by atoms with Crippen LogP contribution in [-0.4, -0.2) is 32.1 Å². The number of hydrogen-bond acceptors (Lipinski definition) is 4. The highest BCUT2D eigenvalue weighted by atomic mass is 16.5.